The fourth-order valence-electron chi connectivity index (χ4n) is 0.922. The summed E-state index contributed by atoms with van der Waals surface area (Å²) in [6, 6.07) is 9.87. The lowest BCUT2D eigenvalue weighted by atomic mass is 10.3. The van der Waals surface area contributed by atoms with E-state index in [1.165, 1.54) is 6.33 Å². The number of aromatic nitrogens is 3. The van der Waals surface area contributed by atoms with Crippen LogP contribution in [0.25, 0.3) is 5.69 Å². The minimum atomic E-state index is 0. The van der Waals surface area contributed by atoms with Gasteiger partial charge < -0.3 is 0 Å². The lowest BCUT2D eigenvalue weighted by Gasteiger charge is -1.96. The molecular formula is C9H11N3. The van der Waals surface area contributed by atoms with Crippen molar-refractivity contribution in [1.29, 1.82) is 0 Å². The molecule has 0 aliphatic rings. The minimum absolute atomic E-state index is 0. The molecule has 0 unspecified atom stereocenters. The molecule has 3 nitrogen and oxygen atoms in total. The molecule has 3 heteroatoms. The summed E-state index contributed by atoms with van der Waals surface area (Å²) in [5.41, 5.74) is 1.03. The van der Waals surface area contributed by atoms with Gasteiger partial charge in [0.05, 0.1) is 5.69 Å². The Morgan fingerprint density at radius 1 is 1.08 bits per heavy atom. The highest BCUT2D eigenvalue weighted by Crippen LogP contribution is 2.02. The first-order valence-corrected chi connectivity index (χ1v) is 3.37. The van der Waals surface area contributed by atoms with Crippen LogP contribution in [0.2, 0.25) is 0 Å². The molecule has 0 spiro atoms. The van der Waals surface area contributed by atoms with Crippen LogP contribution in [-0.4, -0.2) is 14.8 Å². The van der Waals surface area contributed by atoms with Crippen LogP contribution in [0, 0.1) is 0 Å². The minimum Gasteiger partial charge on any atom is -0.223 e. The summed E-state index contributed by atoms with van der Waals surface area (Å²) < 4.78 is 1.72. The Kier molecular flexibility index (Phi) is 2.58. The van der Waals surface area contributed by atoms with Crippen molar-refractivity contribution >= 4 is 0 Å². The van der Waals surface area contributed by atoms with Crippen LogP contribution in [-0.2, 0) is 0 Å². The van der Waals surface area contributed by atoms with Gasteiger partial charge in [0.2, 0.25) is 0 Å². The Labute approximate surface area is 71.7 Å². The van der Waals surface area contributed by atoms with Crippen LogP contribution >= 0.6 is 0 Å². The predicted molar refractivity (Wildman–Crippen MR) is 48.1 cm³/mol. The van der Waals surface area contributed by atoms with Gasteiger partial charge in [0, 0.05) is 0 Å². The predicted octanol–water partition coefficient (Wildman–Crippen LogP) is 1.90. The van der Waals surface area contributed by atoms with E-state index in [2.05, 4.69) is 10.1 Å². The van der Waals surface area contributed by atoms with Gasteiger partial charge in [-0.15, -0.1) is 0 Å². The molecule has 0 radical (unpaired) electrons. The molecular weight excluding hydrogens is 150 g/mol. The Balaban J connectivity index is 0.000000720. The Bertz CT molecular complexity index is 313. The third-order valence-electron chi connectivity index (χ3n) is 1.44. The summed E-state index contributed by atoms with van der Waals surface area (Å²) in [5.74, 6) is 0. The van der Waals surface area contributed by atoms with Crippen molar-refractivity contribution in [1.82, 2.24) is 14.8 Å². The number of hydrogen-bond donors (Lipinski definition) is 0. The van der Waals surface area contributed by atoms with Crippen LogP contribution in [0.4, 0.5) is 0 Å². The molecule has 0 amide bonds. The van der Waals surface area contributed by atoms with Gasteiger partial charge in [-0.2, -0.15) is 5.10 Å². The number of benzene rings is 1. The van der Waals surface area contributed by atoms with Crippen LogP contribution in [0.3, 0.4) is 0 Å². The monoisotopic (exact) mass is 161 g/mol. The maximum atomic E-state index is 3.99. The lowest BCUT2D eigenvalue weighted by molar-refractivity contribution is 0.879. The van der Waals surface area contributed by atoms with Crippen molar-refractivity contribution in [3.8, 4) is 5.69 Å². The Hall–Kier alpha value is -1.64. The van der Waals surface area contributed by atoms with Crippen LogP contribution in [0.5, 0.6) is 0 Å². The van der Waals surface area contributed by atoms with Crippen molar-refractivity contribution in [2.24, 2.45) is 0 Å². The van der Waals surface area contributed by atoms with E-state index in [-0.39, 0.29) is 7.43 Å². The van der Waals surface area contributed by atoms with Gasteiger partial charge in [-0.1, -0.05) is 25.6 Å². The second-order valence-corrected chi connectivity index (χ2v) is 2.18. The van der Waals surface area contributed by atoms with Gasteiger partial charge >= 0.3 is 0 Å². The average molecular weight is 161 g/mol. The molecule has 1 aromatic carbocycles. The van der Waals surface area contributed by atoms with E-state index in [4.69, 9.17) is 0 Å². The molecule has 0 saturated heterocycles. The molecule has 0 N–H and O–H groups in total. The van der Waals surface area contributed by atoms with E-state index in [0.717, 1.165) is 5.69 Å². The highest BCUT2D eigenvalue weighted by Gasteiger charge is 1.91. The quantitative estimate of drug-likeness (QED) is 0.639. The molecule has 2 rings (SSSR count). The number of hydrogen-bond acceptors (Lipinski definition) is 2. The summed E-state index contributed by atoms with van der Waals surface area (Å²) in [6.45, 7) is 0. The molecule has 0 saturated carbocycles. The summed E-state index contributed by atoms with van der Waals surface area (Å²) in [7, 11) is 0. The molecule has 0 aliphatic carbocycles. The summed E-state index contributed by atoms with van der Waals surface area (Å²) >= 11 is 0. The van der Waals surface area contributed by atoms with E-state index in [9.17, 15) is 0 Å². The molecule has 1 heterocycles. The summed E-state index contributed by atoms with van der Waals surface area (Å²) in [6.07, 6.45) is 3.20. The summed E-state index contributed by atoms with van der Waals surface area (Å²) in [5, 5.41) is 3.99. The molecule has 62 valence electrons. The maximum absolute atomic E-state index is 3.99. The van der Waals surface area contributed by atoms with Crippen LogP contribution < -0.4 is 0 Å². The third-order valence-corrected chi connectivity index (χ3v) is 1.44. The number of para-hydroxylation sites is 1. The van der Waals surface area contributed by atoms with E-state index in [0.29, 0.717) is 0 Å². The molecule has 2 aromatic rings. The average Bonchev–Trinajstić information content (AvgIpc) is 2.58. The van der Waals surface area contributed by atoms with Crippen molar-refractivity contribution < 1.29 is 0 Å². The summed E-state index contributed by atoms with van der Waals surface area (Å²) in [4.78, 5) is 3.85. The van der Waals surface area contributed by atoms with Crippen molar-refractivity contribution in [3.05, 3.63) is 43.0 Å². The zero-order valence-corrected chi connectivity index (χ0v) is 5.88. The first-order valence-electron chi connectivity index (χ1n) is 3.37. The van der Waals surface area contributed by atoms with E-state index in [1.54, 1.807) is 11.0 Å². The second-order valence-electron chi connectivity index (χ2n) is 2.18. The van der Waals surface area contributed by atoms with Crippen molar-refractivity contribution in [2.75, 3.05) is 0 Å². The van der Waals surface area contributed by atoms with E-state index >= 15 is 0 Å². The standard InChI is InChI=1S/C8H7N3.CH4/c1-2-4-8(5-3-1)11-7-9-6-10-11;/h1-7H;1H4. The van der Waals surface area contributed by atoms with Crippen molar-refractivity contribution in [3.63, 3.8) is 0 Å². The number of rotatable bonds is 1. The fourth-order valence-corrected chi connectivity index (χ4v) is 0.922. The Morgan fingerprint density at radius 2 is 1.83 bits per heavy atom. The molecule has 0 aliphatic heterocycles. The topological polar surface area (TPSA) is 30.7 Å². The normalized spacial score (nSPS) is 9.00. The Morgan fingerprint density at radius 3 is 2.42 bits per heavy atom. The van der Waals surface area contributed by atoms with Gasteiger partial charge in [-0.3, -0.25) is 0 Å². The van der Waals surface area contributed by atoms with Crippen LogP contribution in [0.1, 0.15) is 7.43 Å². The molecule has 0 bridgehead atoms. The first kappa shape index (κ1) is 8.46. The maximum Gasteiger partial charge on any atom is 0.138 e. The highest BCUT2D eigenvalue weighted by molar-refractivity contribution is 5.28. The molecule has 0 atom stereocenters. The SMILES string of the molecule is C.c1ccc(-n2cncn2)cc1. The molecule has 1 aromatic heterocycles. The lowest BCUT2D eigenvalue weighted by Crippen LogP contribution is -1.92. The smallest absolute Gasteiger partial charge is 0.138 e. The third kappa shape index (κ3) is 1.50. The van der Waals surface area contributed by atoms with Gasteiger partial charge in [0.1, 0.15) is 12.7 Å². The van der Waals surface area contributed by atoms with Gasteiger partial charge in [0.15, 0.2) is 0 Å². The first-order chi connectivity index (χ1) is 5.47. The second kappa shape index (κ2) is 3.67. The zero-order chi connectivity index (χ0) is 7.52. The zero-order valence-electron chi connectivity index (χ0n) is 5.88. The molecule has 0 fully saturated rings. The van der Waals surface area contributed by atoms with E-state index in [1.807, 2.05) is 30.3 Å². The molecule has 12 heavy (non-hydrogen) atoms. The van der Waals surface area contributed by atoms with Crippen molar-refractivity contribution in [2.45, 2.75) is 7.43 Å². The number of nitrogens with zero attached hydrogens (tertiary/aromatic N) is 3. The van der Waals surface area contributed by atoms with Gasteiger partial charge in [-0.05, 0) is 12.1 Å². The van der Waals surface area contributed by atoms with Gasteiger partial charge in [0.25, 0.3) is 0 Å². The van der Waals surface area contributed by atoms with E-state index < -0.39 is 0 Å². The highest BCUT2D eigenvalue weighted by atomic mass is 15.3. The van der Waals surface area contributed by atoms with Gasteiger partial charge in [-0.25, -0.2) is 9.67 Å². The van der Waals surface area contributed by atoms with Crippen LogP contribution in [0.15, 0.2) is 43.0 Å². The largest absolute Gasteiger partial charge is 0.223 e. The fraction of sp³-hybridized carbons (Fsp3) is 0.111.